The lowest BCUT2D eigenvalue weighted by atomic mass is 10.2. The molecule has 0 aliphatic carbocycles. The number of nitrogens with one attached hydrogen (secondary N) is 1. The fourth-order valence-electron chi connectivity index (χ4n) is 2.48. The van der Waals surface area contributed by atoms with Crippen LogP contribution in [0.5, 0.6) is 5.75 Å². The maximum Gasteiger partial charge on any atom is 0.335 e. The molecule has 4 nitrogen and oxygen atoms in total. The molecule has 3 rings (SSSR count). The van der Waals surface area contributed by atoms with E-state index in [1.807, 2.05) is 48.5 Å². The van der Waals surface area contributed by atoms with Crippen LogP contribution in [0.3, 0.4) is 0 Å². The van der Waals surface area contributed by atoms with Crippen molar-refractivity contribution >= 4 is 34.9 Å². The molecule has 3 aromatic rings. The van der Waals surface area contributed by atoms with Gasteiger partial charge in [0, 0.05) is 17.3 Å². The Hall–Kier alpha value is -2.69. The summed E-state index contributed by atoms with van der Waals surface area (Å²) in [5.41, 5.74) is 2.93. The largest absolute Gasteiger partial charge is 0.487 e. The minimum atomic E-state index is -0.955. The predicted molar refractivity (Wildman–Crippen MR) is 108 cm³/mol. The van der Waals surface area contributed by atoms with E-state index in [9.17, 15) is 4.79 Å². The molecule has 0 spiro atoms. The monoisotopic (exact) mass is 401 g/mol. The van der Waals surface area contributed by atoms with Gasteiger partial charge in [0.1, 0.15) is 12.4 Å². The quantitative estimate of drug-likeness (QED) is 0.518. The van der Waals surface area contributed by atoms with Crippen molar-refractivity contribution in [2.24, 2.45) is 0 Å². The second kappa shape index (κ2) is 8.80. The maximum atomic E-state index is 11.0. The van der Waals surface area contributed by atoms with Crippen molar-refractivity contribution in [2.75, 3.05) is 5.32 Å². The van der Waals surface area contributed by atoms with Gasteiger partial charge in [-0.25, -0.2) is 4.79 Å². The molecule has 0 unspecified atom stereocenters. The van der Waals surface area contributed by atoms with Crippen LogP contribution < -0.4 is 10.1 Å². The number of halogens is 2. The summed E-state index contributed by atoms with van der Waals surface area (Å²) in [5.74, 6) is -0.355. The first-order valence-electron chi connectivity index (χ1n) is 8.24. The summed E-state index contributed by atoms with van der Waals surface area (Å²) in [7, 11) is 0. The third-order valence-corrected chi connectivity index (χ3v) is 4.46. The van der Waals surface area contributed by atoms with Crippen molar-refractivity contribution in [3.63, 3.8) is 0 Å². The summed E-state index contributed by atoms with van der Waals surface area (Å²) < 4.78 is 5.76. The molecule has 0 bridgehead atoms. The van der Waals surface area contributed by atoms with Gasteiger partial charge in [0.2, 0.25) is 0 Å². The minimum Gasteiger partial charge on any atom is -0.487 e. The van der Waals surface area contributed by atoms with E-state index in [0.717, 1.165) is 16.8 Å². The molecule has 3 aromatic carbocycles. The Bertz CT molecular complexity index is 942. The summed E-state index contributed by atoms with van der Waals surface area (Å²) in [6.45, 7) is 0.913. The lowest BCUT2D eigenvalue weighted by Crippen LogP contribution is -2.02. The molecule has 0 amide bonds. The molecule has 0 radical (unpaired) electrons. The second-order valence-corrected chi connectivity index (χ2v) is 6.76. The zero-order chi connectivity index (χ0) is 19.2. The summed E-state index contributed by atoms with van der Waals surface area (Å²) in [6, 6.07) is 19.7. The maximum absolute atomic E-state index is 11.0. The topological polar surface area (TPSA) is 58.6 Å². The summed E-state index contributed by atoms with van der Waals surface area (Å²) in [6.07, 6.45) is 0. The van der Waals surface area contributed by atoms with Crippen LogP contribution in [0.25, 0.3) is 0 Å². The average molecular weight is 402 g/mol. The number of aromatic carboxylic acids is 1. The zero-order valence-corrected chi connectivity index (χ0v) is 15.8. The Morgan fingerprint density at radius 3 is 2.41 bits per heavy atom. The molecule has 0 saturated carbocycles. The van der Waals surface area contributed by atoms with Gasteiger partial charge >= 0.3 is 5.97 Å². The fraction of sp³-hybridized carbons (Fsp3) is 0.0952. The van der Waals surface area contributed by atoms with Gasteiger partial charge in [-0.05, 0) is 53.6 Å². The lowest BCUT2D eigenvalue weighted by Gasteiger charge is -2.11. The van der Waals surface area contributed by atoms with Crippen molar-refractivity contribution in [1.82, 2.24) is 0 Å². The third-order valence-electron chi connectivity index (χ3n) is 3.91. The number of carboxylic acids is 1. The van der Waals surface area contributed by atoms with E-state index >= 15 is 0 Å². The molecule has 0 aliphatic heterocycles. The number of carboxylic acid groups (broad SMARTS) is 1. The Labute approximate surface area is 167 Å². The molecule has 138 valence electrons. The molecule has 2 N–H and O–H groups in total. The van der Waals surface area contributed by atoms with E-state index in [0.29, 0.717) is 28.9 Å². The molecule has 27 heavy (non-hydrogen) atoms. The average Bonchev–Trinajstić information content (AvgIpc) is 2.67. The Morgan fingerprint density at radius 2 is 1.70 bits per heavy atom. The smallest absolute Gasteiger partial charge is 0.335 e. The van der Waals surface area contributed by atoms with Crippen LogP contribution in [-0.2, 0) is 13.2 Å². The summed E-state index contributed by atoms with van der Waals surface area (Å²) in [4.78, 5) is 11.0. The van der Waals surface area contributed by atoms with Gasteiger partial charge in [0.05, 0.1) is 10.6 Å². The van der Waals surface area contributed by atoms with Gasteiger partial charge < -0.3 is 15.2 Å². The number of anilines is 1. The van der Waals surface area contributed by atoms with Gasteiger partial charge in [-0.3, -0.25) is 0 Å². The van der Waals surface area contributed by atoms with Gasteiger partial charge in [0.15, 0.2) is 0 Å². The van der Waals surface area contributed by atoms with Crippen LogP contribution in [0.1, 0.15) is 21.5 Å². The molecular formula is C21H17Cl2NO3. The number of benzene rings is 3. The van der Waals surface area contributed by atoms with Gasteiger partial charge in [0.25, 0.3) is 0 Å². The van der Waals surface area contributed by atoms with Crippen LogP contribution >= 0.6 is 23.2 Å². The second-order valence-electron chi connectivity index (χ2n) is 5.92. The van der Waals surface area contributed by atoms with Crippen molar-refractivity contribution in [3.05, 3.63) is 93.5 Å². The first-order valence-corrected chi connectivity index (χ1v) is 9.00. The third kappa shape index (κ3) is 5.39. The standard InChI is InChI=1S/C21H17Cl2NO3/c22-17-7-4-14(5-8-17)13-27-20-9-6-15(10-19(20)23)12-24-18-3-1-2-16(11-18)21(25)26/h1-11,24H,12-13H2,(H,25,26). The summed E-state index contributed by atoms with van der Waals surface area (Å²) in [5, 5.41) is 13.4. The normalized spacial score (nSPS) is 10.4. The first-order chi connectivity index (χ1) is 13.0. The van der Waals surface area contributed by atoms with Crippen LogP contribution in [0, 0.1) is 0 Å². The number of hydrogen-bond acceptors (Lipinski definition) is 3. The molecule has 0 saturated heterocycles. The van der Waals surface area contributed by atoms with Crippen molar-refractivity contribution in [2.45, 2.75) is 13.2 Å². The van der Waals surface area contributed by atoms with E-state index in [2.05, 4.69) is 5.32 Å². The molecule has 0 fully saturated rings. The number of hydrogen-bond donors (Lipinski definition) is 2. The van der Waals surface area contributed by atoms with E-state index < -0.39 is 5.97 Å². The fourth-order valence-corrected chi connectivity index (χ4v) is 2.86. The number of carbonyl (C=O) groups is 1. The highest BCUT2D eigenvalue weighted by atomic mass is 35.5. The predicted octanol–water partition coefficient (Wildman–Crippen LogP) is 5.88. The van der Waals surface area contributed by atoms with Crippen LogP contribution in [-0.4, -0.2) is 11.1 Å². The van der Waals surface area contributed by atoms with Crippen LogP contribution in [0.2, 0.25) is 10.0 Å². The Balaban J connectivity index is 1.60. The zero-order valence-electron chi connectivity index (χ0n) is 14.3. The molecular weight excluding hydrogens is 385 g/mol. The number of rotatable bonds is 7. The highest BCUT2D eigenvalue weighted by Crippen LogP contribution is 2.27. The van der Waals surface area contributed by atoms with E-state index in [1.165, 1.54) is 0 Å². The first kappa shape index (κ1) is 19.1. The van der Waals surface area contributed by atoms with Gasteiger partial charge in [-0.1, -0.05) is 47.5 Å². The number of ether oxygens (including phenoxy) is 1. The van der Waals surface area contributed by atoms with E-state index in [4.69, 9.17) is 33.0 Å². The van der Waals surface area contributed by atoms with Crippen LogP contribution in [0.4, 0.5) is 5.69 Å². The molecule has 0 heterocycles. The lowest BCUT2D eigenvalue weighted by molar-refractivity contribution is 0.0697. The molecule has 0 aliphatic rings. The molecule has 6 heteroatoms. The Kier molecular flexibility index (Phi) is 6.22. The SMILES string of the molecule is O=C(O)c1cccc(NCc2ccc(OCc3ccc(Cl)cc3)c(Cl)c2)c1. The highest BCUT2D eigenvalue weighted by molar-refractivity contribution is 6.32. The molecule has 0 aromatic heterocycles. The van der Waals surface area contributed by atoms with Gasteiger partial charge in [-0.2, -0.15) is 0 Å². The van der Waals surface area contributed by atoms with Crippen molar-refractivity contribution in [1.29, 1.82) is 0 Å². The summed E-state index contributed by atoms with van der Waals surface area (Å²) >= 11 is 12.2. The minimum absolute atomic E-state index is 0.240. The van der Waals surface area contributed by atoms with Gasteiger partial charge in [-0.15, -0.1) is 0 Å². The van der Waals surface area contributed by atoms with E-state index in [-0.39, 0.29) is 5.56 Å². The van der Waals surface area contributed by atoms with Crippen molar-refractivity contribution < 1.29 is 14.6 Å². The highest BCUT2D eigenvalue weighted by Gasteiger charge is 2.06. The van der Waals surface area contributed by atoms with Crippen molar-refractivity contribution in [3.8, 4) is 5.75 Å². The molecule has 0 atom stereocenters. The van der Waals surface area contributed by atoms with Crippen LogP contribution in [0.15, 0.2) is 66.7 Å². The van der Waals surface area contributed by atoms with E-state index in [1.54, 1.807) is 18.2 Å². The Morgan fingerprint density at radius 1 is 0.963 bits per heavy atom.